The zero-order valence-electron chi connectivity index (χ0n) is 15.3. The summed E-state index contributed by atoms with van der Waals surface area (Å²) in [6.45, 7) is 0.523. The van der Waals surface area contributed by atoms with Crippen molar-refractivity contribution >= 4 is 47.2 Å². The fourth-order valence-corrected chi connectivity index (χ4v) is 3.04. The molecule has 0 spiro atoms. The zero-order valence-corrected chi connectivity index (χ0v) is 16.0. The molecule has 3 amide bonds. The lowest BCUT2D eigenvalue weighted by Crippen LogP contribution is -2.43. The molecule has 1 aliphatic rings. The highest BCUT2D eigenvalue weighted by Gasteiger charge is 2.27. The number of cyclic esters (lactones) is 1. The number of aldehydes is 1. The van der Waals surface area contributed by atoms with Crippen LogP contribution in [0.3, 0.4) is 0 Å². The van der Waals surface area contributed by atoms with Gasteiger partial charge in [-0.15, -0.1) is 0 Å². The van der Waals surface area contributed by atoms with E-state index in [1.54, 1.807) is 12.1 Å². The number of benzene rings is 2. The molecule has 1 heterocycles. The monoisotopic (exact) mass is 415 g/mol. The molecule has 1 fully saturated rings. The van der Waals surface area contributed by atoms with E-state index in [-0.39, 0.29) is 18.7 Å². The standard InChI is InChI=1S/C20H18ClN3O5/c21-14-6-7-17(24-8-9-29-20(24)28)16(11-14)23-19(27)18(26)22-15(12-25)10-13-4-2-1-3-5-13/h1-7,11-12,15H,8-10H2,(H,22,26)(H,23,27). The predicted molar refractivity (Wildman–Crippen MR) is 107 cm³/mol. The Labute approximate surface area is 171 Å². The number of hydrogen-bond donors (Lipinski definition) is 2. The second-order valence-corrected chi connectivity index (χ2v) is 6.72. The van der Waals surface area contributed by atoms with Gasteiger partial charge in [-0.1, -0.05) is 41.9 Å². The summed E-state index contributed by atoms with van der Waals surface area (Å²) in [5.41, 5.74) is 1.38. The van der Waals surface area contributed by atoms with Crippen LogP contribution in [-0.4, -0.2) is 43.4 Å². The number of ether oxygens (including phenoxy) is 1. The molecule has 2 N–H and O–H groups in total. The molecule has 0 bridgehead atoms. The molecular formula is C20H18ClN3O5. The second kappa shape index (κ2) is 9.20. The minimum atomic E-state index is -0.985. The van der Waals surface area contributed by atoms with Gasteiger partial charge >= 0.3 is 17.9 Å². The van der Waals surface area contributed by atoms with E-state index in [0.29, 0.717) is 23.5 Å². The summed E-state index contributed by atoms with van der Waals surface area (Å²) in [5.74, 6) is -1.96. The van der Waals surface area contributed by atoms with Crippen molar-refractivity contribution in [2.24, 2.45) is 0 Å². The van der Waals surface area contributed by atoms with E-state index in [4.69, 9.17) is 16.3 Å². The van der Waals surface area contributed by atoms with Gasteiger partial charge in [-0.3, -0.25) is 14.5 Å². The molecule has 8 nitrogen and oxygen atoms in total. The first-order valence-electron chi connectivity index (χ1n) is 8.83. The van der Waals surface area contributed by atoms with Gasteiger partial charge in [0.2, 0.25) is 0 Å². The van der Waals surface area contributed by atoms with Crippen molar-refractivity contribution in [3.05, 3.63) is 59.1 Å². The Hall–Kier alpha value is -3.39. The summed E-state index contributed by atoms with van der Waals surface area (Å²) in [6, 6.07) is 12.8. The third kappa shape index (κ3) is 5.11. The first-order chi connectivity index (χ1) is 14.0. The number of nitrogens with zero attached hydrogens (tertiary/aromatic N) is 1. The van der Waals surface area contributed by atoms with Crippen LogP contribution in [0.25, 0.3) is 0 Å². The molecule has 150 valence electrons. The fourth-order valence-electron chi connectivity index (χ4n) is 2.87. The van der Waals surface area contributed by atoms with Crippen LogP contribution in [0.15, 0.2) is 48.5 Å². The highest BCUT2D eigenvalue weighted by atomic mass is 35.5. The number of nitrogens with one attached hydrogen (secondary N) is 2. The maximum absolute atomic E-state index is 12.4. The lowest BCUT2D eigenvalue weighted by molar-refractivity contribution is -0.137. The maximum Gasteiger partial charge on any atom is 0.414 e. The molecule has 9 heteroatoms. The Morgan fingerprint density at radius 1 is 1.17 bits per heavy atom. The van der Waals surface area contributed by atoms with Crippen molar-refractivity contribution < 1.29 is 23.9 Å². The summed E-state index contributed by atoms with van der Waals surface area (Å²) < 4.78 is 4.90. The predicted octanol–water partition coefficient (Wildman–Crippen LogP) is 2.16. The number of halogens is 1. The van der Waals surface area contributed by atoms with Crippen molar-refractivity contribution in [3.8, 4) is 0 Å². The number of hydrogen-bond acceptors (Lipinski definition) is 5. The number of anilines is 2. The average Bonchev–Trinajstić information content (AvgIpc) is 3.14. The number of rotatable bonds is 6. The normalized spacial score (nSPS) is 14.1. The molecule has 0 aromatic heterocycles. The SMILES string of the molecule is O=CC(Cc1ccccc1)NC(=O)C(=O)Nc1cc(Cl)ccc1N1CCOC1=O. The molecule has 1 saturated heterocycles. The highest BCUT2D eigenvalue weighted by molar-refractivity contribution is 6.40. The Bertz CT molecular complexity index is 935. The van der Waals surface area contributed by atoms with E-state index in [1.165, 1.54) is 11.0 Å². The summed E-state index contributed by atoms with van der Waals surface area (Å²) >= 11 is 5.99. The molecule has 0 radical (unpaired) electrons. The Morgan fingerprint density at radius 2 is 1.93 bits per heavy atom. The second-order valence-electron chi connectivity index (χ2n) is 6.29. The van der Waals surface area contributed by atoms with E-state index in [1.807, 2.05) is 30.3 Å². The van der Waals surface area contributed by atoms with Crippen LogP contribution in [-0.2, 0) is 25.5 Å². The van der Waals surface area contributed by atoms with E-state index < -0.39 is 23.9 Å². The Kier molecular flexibility index (Phi) is 6.46. The van der Waals surface area contributed by atoms with Crippen LogP contribution in [0.2, 0.25) is 5.02 Å². The molecule has 29 heavy (non-hydrogen) atoms. The minimum Gasteiger partial charge on any atom is -0.447 e. The van der Waals surface area contributed by atoms with Crippen molar-refractivity contribution in [3.63, 3.8) is 0 Å². The lowest BCUT2D eigenvalue weighted by atomic mass is 10.1. The van der Waals surface area contributed by atoms with Crippen LogP contribution < -0.4 is 15.5 Å². The number of carbonyl (C=O) groups excluding carboxylic acids is 4. The summed E-state index contributed by atoms with van der Waals surface area (Å²) in [5, 5.41) is 5.14. The molecule has 2 aromatic carbocycles. The van der Waals surface area contributed by atoms with Gasteiger partial charge in [-0.05, 0) is 30.2 Å². The molecule has 1 atom stereocenters. The molecule has 1 unspecified atom stereocenters. The van der Waals surface area contributed by atoms with Gasteiger partial charge < -0.3 is 20.2 Å². The molecule has 3 rings (SSSR count). The van der Waals surface area contributed by atoms with Gasteiger partial charge in [-0.2, -0.15) is 0 Å². The molecule has 2 aromatic rings. The first kappa shape index (κ1) is 20.3. The van der Waals surface area contributed by atoms with Crippen molar-refractivity contribution in [1.29, 1.82) is 0 Å². The quantitative estimate of drug-likeness (QED) is 0.555. The smallest absolute Gasteiger partial charge is 0.414 e. The molecule has 0 saturated carbocycles. The van der Waals surface area contributed by atoms with Crippen LogP contribution in [0.5, 0.6) is 0 Å². The van der Waals surface area contributed by atoms with Gasteiger partial charge in [0.25, 0.3) is 0 Å². The van der Waals surface area contributed by atoms with Crippen molar-refractivity contribution in [2.45, 2.75) is 12.5 Å². The molecule has 1 aliphatic heterocycles. The van der Waals surface area contributed by atoms with Gasteiger partial charge in [0.15, 0.2) is 0 Å². The largest absolute Gasteiger partial charge is 0.447 e. The highest BCUT2D eigenvalue weighted by Crippen LogP contribution is 2.31. The minimum absolute atomic E-state index is 0.183. The van der Waals surface area contributed by atoms with Crippen LogP contribution in [0, 0.1) is 0 Å². The topological polar surface area (TPSA) is 105 Å². The number of amides is 3. The summed E-state index contributed by atoms with van der Waals surface area (Å²) in [4.78, 5) is 49.1. The first-order valence-corrected chi connectivity index (χ1v) is 9.20. The van der Waals surface area contributed by atoms with Gasteiger partial charge in [-0.25, -0.2) is 4.79 Å². The maximum atomic E-state index is 12.4. The summed E-state index contributed by atoms with van der Waals surface area (Å²) in [6.07, 6.45) is 0.269. The van der Waals surface area contributed by atoms with Crippen LogP contribution >= 0.6 is 11.6 Å². The summed E-state index contributed by atoms with van der Waals surface area (Å²) in [7, 11) is 0. The van der Waals surface area contributed by atoms with Gasteiger partial charge in [0.1, 0.15) is 12.9 Å². The van der Waals surface area contributed by atoms with Crippen LogP contribution in [0.1, 0.15) is 5.56 Å². The average molecular weight is 416 g/mol. The van der Waals surface area contributed by atoms with Crippen molar-refractivity contribution in [1.82, 2.24) is 5.32 Å². The van der Waals surface area contributed by atoms with E-state index >= 15 is 0 Å². The van der Waals surface area contributed by atoms with E-state index in [0.717, 1.165) is 5.56 Å². The third-order valence-corrected chi connectivity index (χ3v) is 4.48. The van der Waals surface area contributed by atoms with Crippen LogP contribution in [0.4, 0.5) is 16.2 Å². The van der Waals surface area contributed by atoms with Gasteiger partial charge in [0.05, 0.1) is 24.0 Å². The van der Waals surface area contributed by atoms with Crippen molar-refractivity contribution in [2.75, 3.05) is 23.4 Å². The Balaban J connectivity index is 1.69. The zero-order chi connectivity index (χ0) is 20.8. The lowest BCUT2D eigenvalue weighted by Gasteiger charge is -2.18. The molecule has 0 aliphatic carbocycles. The molecular weight excluding hydrogens is 398 g/mol. The fraction of sp³-hybridized carbons (Fsp3) is 0.200. The van der Waals surface area contributed by atoms with E-state index in [9.17, 15) is 19.2 Å². The Morgan fingerprint density at radius 3 is 2.59 bits per heavy atom. The third-order valence-electron chi connectivity index (χ3n) is 4.24. The number of carbonyl (C=O) groups is 4. The van der Waals surface area contributed by atoms with E-state index in [2.05, 4.69) is 10.6 Å². The van der Waals surface area contributed by atoms with Gasteiger partial charge in [0, 0.05) is 5.02 Å².